The molecule has 60 heavy (non-hydrogen) atoms. The molecule has 11 aromatic rings. The summed E-state index contributed by atoms with van der Waals surface area (Å²) in [5.74, 6) is 1.79. The highest BCUT2D eigenvalue weighted by atomic mass is 16.3. The van der Waals surface area contributed by atoms with E-state index in [9.17, 15) is 0 Å². The first kappa shape index (κ1) is 35.0. The number of hydrogen-bond donors (Lipinski definition) is 0. The summed E-state index contributed by atoms with van der Waals surface area (Å²) in [7, 11) is 0. The smallest absolute Gasteiger partial charge is 0.164 e. The fraction of sp³-hybridized carbons (Fsp3) is 0. The van der Waals surface area contributed by atoms with Crippen LogP contribution in [0.2, 0.25) is 0 Å². The van der Waals surface area contributed by atoms with Gasteiger partial charge < -0.3 is 9.32 Å². The van der Waals surface area contributed by atoms with E-state index in [1.807, 2.05) is 24.3 Å². The maximum atomic E-state index is 6.69. The Bertz CT molecular complexity index is 3290. The van der Waals surface area contributed by atoms with Crippen LogP contribution in [0.4, 0.5) is 17.1 Å². The van der Waals surface area contributed by atoms with Crippen molar-refractivity contribution >= 4 is 49.8 Å². The Hall–Kier alpha value is -8.15. The van der Waals surface area contributed by atoms with E-state index in [1.54, 1.807) is 0 Å². The first-order valence-electron chi connectivity index (χ1n) is 20.1. The van der Waals surface area contributed by atoms with E-state index >= 15 is 0 Å². The molecule has 0 aliphatic heterocycles. The molecule has 0 N–H and O–H groups in total. The molecule has 0 fully saturated rings. The van der Waals surface area contributed by atoms with Crippen molar-refractivity contribution < 1.29 is 4.42 Å². The number of anilines is 3. The Morgan fingerprint density at radius 1 is 0.283 bits per heavy atom. The maximum absolute atomic E-state index is 6.69. The number of aromatic nitrogens is 3. The van der Waals surface area contributed by atoms with Gasteiger partial charge in [0.25, 0.3) is 0 Å². The monoisotopic (exact) mass is 768 g/mol. The van der Waals surface area contributed by atoms with Crippen LogP contribution in [0.15, 0.2) is 223 Å². The van der Waals surface area contributed by atoms with Crippen LogP contribution in [0.5, 0.6) is 0 Å². The first-order valence-corrected chi connectivity index (χ1v) is 20.1. The topological polar surface area (TPSA) is 55.1 Å². The second-order valence-electron chi connectivity index (χ2n) is 14.9. The van der Waals surface area contributed by atoms with Crippen molar-refractivity contribution in [2.75, 3.05) is 4.90 Å². The SMILES string of the molecule is c1ccc(-c2ccc(-c3nc(-c4ccc5ccccc5c4)nc(-c4ccc5c(c4)oc4cc(N(c6ccccc6)c6ccc(-c7ccccc7)cc6)ccc45)n3)cc2)cc1. The van der Waals surface area contributed by atoms with Gasteiger partial charge in [-0.3, -0.25) is 0 Å². The van der Waals surface area contributed by atoms with Crippen LogP contribution in [0, 0.1) is 0 Å². The summed E-state index contributed by atoms with van der Waals surface area (Å²) in [6.07, 6.45) is 0. The molecule has 0 spiro atoms. The molecular formula is C55H36N4O. The van der Waals surface area contributed by atoms with Crippen LogP contribution >= 0.6 is 0 Å². The van der Waals surface area contributed by atoms with E-state index in [0.29, 0.717) is 17.5 Å². The third-order valence-corrected chi connectivity index (χ3v) is 11.1. The summed E-state index contributed by atoms with van der Waals surface area (Å²) in [5, 5.41) is 4.36. The average molecular weight is 769 g/mol. The van der Waals surface area contributed by atoms with Gasteiger partial charge in [0.2, 0.25) is 0 Å². The molecule has 5 heteroatoms. The van der Waals surface area contributed by atoms with Gasteiger partial charge in [-0.05, 0) is 87.6 Å². The molecule has 9 aromatic carbocycles. The lowest BCUT2D eigenvalue weighted by Gasteiger charge is -2.25. The number of para-hydroxylation sites is 1. The number of fused-ring (bicyclic) bond motifs is 4. The normalized spacial score (nSPS) is 11.3. The van der Waals surface area contributed by atoms with Gasteiger partial charge in [-0.25, -0.2) is 15.0 Å². The molecule has 0 atom stereocenters. The zero-order chi connectivity index (χ0) is 39.8. The van der Waals surface area contributed by atoms with Crippen LogP contribution in [-0.4, -0.2) is 15.0 Å². The second-order valence-corrected chi connectivity index (χ2v) is 14.9. The van der Waals surface area contributed by atoms with Crippen molar-refractivity contribution in [1.29, 1.82) is 0 Å². The summed E-state index contributed by atoms with van der Waals surface area (Å²) in [4.78, 5) is 17.5. The molecule has 0 unspecified atom stereocenters. The minimum Gasteiger partial charge on any atom is -0.456 e. The van der Waals surface area contributed by atoms with E-state index in [2.05, 4.69) is 199 Å². The van der Waals surface area contributed by atoms with Gasteiger partial charge in [0.1, 0.15) is 11.2 Å². The Morgan fingerprint density at radius 3 is 1.35 bits per heavy atom. The second kappa shape index (κ2) is 15.0. The molecule has 2 heterocycles. The lowest BCUT2D eigenvalue weighted by Crippen LogP contribution is -2.09. The van der Waals surface area contributed by atoms with E-state index < -0.39 is 0 Å². The highest BCUT2D eigenvalue weighted by molar-refractivity contribution is 6.07. The van der Waals surface area contributed by atoms with Crippen molar-refractivity contribution in [1.82, 2.24) is 15.0 Å². The van der Waals surface area contributed by atoms with E-state index in [4.69, 9.17) is 19.4 Å². The Labute approximate surface area is 347 Å². The Morgan fingerprint density at radius 2 is 0.700 bits per heavy atom. The maximum Gasteiger partial charge on any atom is 0.164 e. The fourth-order valence-corrected chi connectivity index (χ4v) is 8.04. The molecule has 282 valence electrons. The van der Waals surface area contributed by atoms with Crippen LogP contribution in [0.25, 0.3) is 89.1 Å². The zero-order valence-electron chi connectivity index (χ0n) is 32.5. The van der Waals surface area contributed by atoms with Crippen molar-refractivity contribution in [3.63, 3.8) is 0 Å². The Balaban J connectivity index is 0.992. The number of rotatable bonds is 8. The van der Waals surface area contributed by atoms with Gasteiger partial charge in [0.05, 0.1) is 0 Å². The Kier molecular flexibility index (Phi) is 8.75. The van der Waals surface area contributed by atoms with Crippen molar-refractivity contribution in [2.45, 2.75) is 0 Å². The van der Waals surface area contributed by atoms with Crippen LogP contribution in [0.3, 0.4) is 0 Å². The molecule has 5 nitrogen and oxygen atoms in total. The van der Waals surface area contributed by atoms with E-state index in [0.717, 1.165) is 72.2 Å². The first-order chi connectivity index (χ1) is 29.7. The van der Waals surface area contributed by atoms with Crippen LogP contribution < -0.4 is 4.90 Å². The average Bonchev–Trinajstić information content (AvgIpc) is 3.70. The minimum atomic E-state index is 0.576. The molecule has 0 aliphatic rings. The lowest BCUT2D eigenvalue weighted by molar-refractivity contribution is 0.669. The molecule has 0 saturated heterocycles. The number of furan rings is 1. The van der Waals surface area contributed by atoms with E-state index in [-0.39, 0.29) is 0 Å². The van der Waals surface area contributed by atoms with Gasteiger partial charge in [-0.1, -0.05) is 158 Å². The quantitative estimate of drug-likeness (QED) is 0.154. The van der Waals surface area contributed by atoms with E-state index in [1.165, 1.54) is 16.5 Å². The highest BCUT2D eigenvalue weighted by Gasteiger charge is 2.18. The molecule has 11 rings (SSSR count). The summed E-state index contributed by atoms with van der Waals surface area (Å²) in [6.45, 7) is 0. The predicted molar refractivity (Wildman–Crippen MR) is 246 cm³/mol. The fourth-order valence-electron chi connectivity index (χ4n) is 8.04. The molecule has 0 amide bonds. The summed E-state index contributed by atoms with van der Waals surface area (Å²) < 4.78 is 6.69. The van der Waals surface area contributed by atoms with Gasteiger partial charge >= 0.3 is 0 Å². The summed E-state index contributed by atoms with van der Waals surface area (Å²) in [5.41, 5.74) is 12.0. The molecule has 0 bridgehead atoms. The van der Waals surface area contributed by atoms with Gasteiger partial charge in [-0.15, -0.1) is 0 Å². The minimum absolute atomic E-state index is 0.576. The lowest BCUT2D eigenvalue weighted by atomic mass is 10.0. The third-order valence-electron chi connectivity index (χ3n) is 11.1. The number of benzene rings is 9. The molecule has 0 saturated carbocycles. The van der Waals surface area contributed by atoms with Crippen LogP contribution in [-0.2, 0) is 0 Å². The van der Waals surface area contributed by atoms with Crippen molar-refractivity contribution in [3.8, 4) is 56.4 Å². The zero-order valence-corrected chi connectivity index (χ0v) is 32.5. The molecule has 0 aliphatic carbocycles. The van der Waals surface area contributed by atoms with Gasteiger partial charge in [0.15, 0.2) is 17.5 Å². The third kappa shape index (κ3) is 6.64. The molecule has 0 radical (unpaired) electrons. The highest BCUT2D eigenvalue weighted by Crippen LogP contribution is 2.40. The molecule has 2 aromatic heterocycles. The predicted octanol–water partition coefficient (Wildman–Crippen LogP) is 14.7. The number of nitrogens with zero attached hydrogens (tertiary/aromatic N) is 4. The van der Waals surface area contributed by atoms with Crippen molar-refractivity contribution in [2.24, 2.45) is 0 Å². The van der Waals surface area contributed by atoms with Gasteiger partial charge in [-0.2, -0.15) is 0 Å². The van der Waals surface area contributed by atoms with Gasteiger partial charge in [0, 0.05) is 50.6 Å². The summed E-state index contributed by atoms with van der Waals surface area (Å²) >= 11 is 0. The summed E-state index contributed by atoms with van der Waals surface area (Å²) in [6, 6.07) is 75.8. The standard InChI is InChI=1S/C55H36N4O/c1-4-12-37(13-5-1)40-20-23-42(24-21-40)53-56-54(44-25-22-39-16-10-11-17-43(39)34-44)58-55(57-53)45-28-32-49-50-33-31-48(36-52(50)60-51(49)35-45)59(46-18-8-3-9-19-46)47-29-26-41(27-30-47)38-14-6-2-7-15-38/h1-36H. The largest absolute Gasteiger partial charge is 0.456 e. The number of hydrogen-bond acceptors (Lipinski definition) is 5. The molecular weight excluding hydrogens is 733 g/mol. The van der Waals surface area contributed by atoms with Crippen molar-refractivity contribution in [3.05, 3.63) is 218 Å². The van der Waals surface area contributed by atoms with Crippen LogP contribution in [0.1, 0.15) is 0 Å².